The molecule has 1 aromatic heterocycles. The van der Waals surface area contributed by atoms with Crippen molar-refractivity contribution >= 4 is 23.1 Å². The summed E-state index contributed by atoms with van der Waals surface area (Å²) in [5, 5.41) is 3.04. The molecule has 6 nitrogen and oxygen atoms in total. The van der Waals surface area contributed by atoms with Gasteiger partial charge in [-0.2, -0.15) is 0 Å². The van der Waals surface area contributed by atoms with Crippen LogP contribution in [0.4, 0.5) is 21.6 Å². The summed E-state index contributed by atoms with van der Waals surface area (Å²) in [5.41, 5.74) is 2.88. The zero-order chi connectivity index (χ0) is 19.1. The molecule has 3 aliphatic rings. The van der Waals surface area contributed by atoms with Gasteiger partial charge >= 0.3 is 0 Å². The molecule has 3 aliphatic heterocycles. The second kappa shape index (κ2) is 7.05. The number of piperazine rings is 1. The van der Waals surface area contributed by atoms with Crippen molar-refractivity contribution in [3.8, 4) is 0 Å². The second-order valence-electron chi connectivity index (χ2n) is 7.80. The second-order valence-corrected chi connectivity index (χ2v) is 7.80. The maximum absolute atomic E-state index is 13.5. The molecule has 2 aromatic rings. The van der Waals surface area contributed by atoms with Crippen LogP contribution in [-0.2, 0) is 11.3 Å². The van der Waals surface area contributed by atoms with E-state index in [0.29, 0.717) is 0 Å². The molecule has 0 radical (unpaired) electrons. The van der Waals surface area contributed by atoms with Crippen LogP contribution in [0.25, 0.3) is 0 Å². The van der Waals surface area contributed by atoms with E-state index in [1.54, 1.807) is 12.1 Å². The smallest absolute Gasteiger partial charge is 0.247 e. The highest BCUT2D eigenvalue weighted by atomic mass is 19.1. The van der Waals surface area contributed by atoms with E-state index >= 15 is 0 Å². The van der Waals surface area contributed by atoms with E-state index in [1.807, 2.05) is 12.3 Å². The van der Waals surface area contributed by atoms with Crippen LogP contribution in [0.1, 0.15) is 18.4 Å². The van der Waals surface area contributed by atoms with Crippen LogP contribution in [0.5, 0.6) is 0 Å². The molecule has 0 spiro atoms. The van der Waals surface area contributed by atoms with Crippen LogP contribution >= 0.6 is 0 Å². The number of pyridine rings is 1. The summed E-state index contributed by atoms with van der Waals surface area (Å²) in [6.07, 6.45) is 3.88. The van der Waals surface area contributed by atoms with Crippen LogP contribution in [-0.4, -0.2) is 54.6 Å². The first-order valence-corrected chi connectivity index (χ1v) is 9.97. The third kappa shape index (κ3) is 3.20. The monoisotopic (exact) mass is 381 g/mol. The highest BCUT2D eigenvalue weighted by Gasteiger charge is 2.37. The Kier molecular flexibility index (Phi) is 4.39. The molecule has 0 saturated carbocycles. The first kappa shape index (κ1) is 17.4. The molecule has 2 saturated heterocycles. The molecule has 1 atom stereocenters. The molecule has 5 rings (SSSR count). The number of carbonyl (C=O) groups is 1. The summed E-state index contributed by atoms with van der Waals surface area (Å²) in [6.45, 7) is 5.26. The molecule has 1 N–H and O–H groups in total. The van der Waals surface area contributed by atoms with Gasteiger partial charge in [0.15, 0.2) is 5.82 Å². The number of nitrogens with zero attached hydrogens (tertiary/aromatic N) is 4. The highest BCUT2D eigenvalue weighted by molar-refractivity contribution is 6.03. The molecule has 2 fully saturated rings. The zero-order valence-electron chi connectivity index (χ0n) is 15.8. The molecule has 28 heavy (non-hydrogen) atoms. The number of anilines is 3. The van der Waals surface area contributed by atoms with Gasteiger partial charge in [-0.05, 0) is 42.7 Å². The Morgan fingerprint density at radius 1 is 1.14 bits per heavy atom. The van der Waals surface area contributed by atoms with Crippen molar-refractivity contribution in [1.82, 2.24) is 9.88 Å². The molecule has 1 unspecified atom stereocenters. The highest BCUT2D eigenvalue weighted by Crippen LogP contribution is 2.35. The minimum absolute atomic E-state index is 0.0539. The molecule has 1 aromatic carbocycles. The summed E-state index contributed by atoms with van der Waals surface area (Å²) < 4.78 is 13.5. The van der Waals surface area contributed by atoms with Crippen LogP contribution in [0.2, 0.25) is 0 Å². The number of fused-ring (bicyclic) bond motifs is 3. The summed E-state index contributed by atoms with van der Waals surface area (Å²) >= 11 is 0. The first-order chi connectivity index (χ1) is 13.7. The number of halogens is 1. The van der Waals surface area contributed by atoms with Crippen molar-refractivity contribution in [3.05, 3.63) is 47.9 Å². The minimum Gasteiger partial charge on any atom is -0.369 e. The van der Waals surface area contributed by atoms with Gasteiger partial charge in [0.1, 0.15) is 11.9 Å². The van der Waals surface area contributed by atoms with E-state index in [1.165, 1.54) is 6.07 Å². The van der Waals surface area contributed by atoms with E-state index < -0.39 is 0 Å². The van der Waals surface area contributed by atoms with Gasteiger partial charge in [-0.25, -0.2) is 9.37 Å². The third-order valence-electron chi connectivity index (χ3n) is 5.96. The van der Waals surface area contributed by atoms with E-state index in [0.717, 1.165) is 74.9 Å². The van der Waals surface area contributed by atoms with Crippen molar-refractivity contribution in [2.75, 3.05) is 47.8 Å². The van der Waals surface area contributed by atoms with Crippen molar-refractivity contribution in [3.63, 3.8) is 0 Å². The van der Waals surface area contributed by atoms with Gasteiger partial charge < -0.3 is 15.1 Å². The van der Waals surface area contributed by atoms with Gasteiger partial charge in [0, 0.05) is 51.2 Å². The quantitative estimate of drug-likeness (QED) is 0.885. The Balaban J connectivity index is 1.24. The molecule has 0 bridgehead atoms. The van der Waals surface area contributed by atoms with Crippen LogP contribution < -0.4 is 15.1 Å². The Hall–Kier alpha value is -2.67. The van der Waals surface area contributed by atoms with Gasteiger partial charge in [0.25, 0.3) is 0 Å². The molecule has 4 heterocycles. The third-order valence-corrected chi connectivity index (χ3v) is 5.96. The normalized spacial score (nSPS) is 22.0. The summed E-state index contributed by atoms with van der Waals surface area (Å²) in [5.74, 6) is 0.803. The lowest BCUT2D eigenvalue weighted by atomic mass is 10.1. The Labute approximate surface area is 163 Å². The number of hydrogen-bond acceptors (Lipinski definition) is 5. The van der Waals surface area contributed by atoms with Gasteiger partial charge in [0.05, 0.1) is 5.69 Å². The van der Waals surface area contributed by atoms with Gasteiger partial charge in [-0.15, -0.1) is 0 Å². The molecule has 7 heteroatoms. The predicted molar refractivity (Wildman–Crippen MR) is 107 cm³/mol. The number of amides is 1. The number of benzene rings is 1. The van der Waals surface area contributed by atoms with E-state index in [2.05, 4.69) is 31.1 Å². The Morgan fingerprint density at radius 3 is 2.82 bits per heavy atom. The van der Waals surface area contributed by atoms with Crippen molar-refractivity contribution in [2.45, 2.75) is 25.4 Å². The van der Waals surface area contributed by atoms with Crippen LogP contribution in [0, 0.1) is 5.82 Å². The van der Waals surface area contributed by atoms with E-state index in [4.69, 9.17) is 0 Å². The van der Waals surface area contributed by atoms with Gasteiger partial charge in [-0.1, -0.05) is 6.07 Å². The number of carbonyl (C=O) groups excluding carboxylic acids is 1. The summed E-state index contributed by atoms with van der Waals surface area (Å²) in [4.78, 5) is 23.7. The fraction of sp³-hybridized carbons (Fsp3) is 0.429. The fourth-order valence-corrected chi connectivity index (χ4v) is 4.51. The average molecular weight is 381 g/mol. The number of nitrogens with one attached hydrogen (secondary N) is 1. The SMILES string of the molecule is O=C1Nc2cc(CN3CCN(c4cccc(F)c4)CC3)cnc2N2CCCC12. The summed E-state index contributed by atoms with van der Waals surface area (Å²) in [6, 6.07) is 8.80. The largest absolute Gasteiger partial charge is 0.369 e. The molecular weight excluding hydrogens is 357 g/mol. The van der Waals surface area contributed by atoms with Crippen molar-refractivity contribution in [2.24, 2.45) is 0 Å². The zero-order valence-corrected chi connectivity index (χ0v) is 15.8. The van der Waals surface area contributed by atoms with E-state index in [-0.39, 0.29) is 17.8 Å². The number of aromatic nitrogens is 1. The van der Waals surface area contributed by atoms with Gasteiger partial charge in [-0.3, -0.25) is 9.69 Å². The predicted octanol–water partition coefficient (Wildman–Crippen LogP) is 2.46. The lowest BCUT2D eigenvalue weighted by Gasteiger charge is -2.36. The lowest BCUT2D eigenvalue weighted by Crippen LogP contribution is -2.46. The average Bonchev–Trinajstić information content (AvgIpc) is 3.19. The Bertz CT molecular complexity index is 896. The van der Waals surface area contributed by atoms with Crippen molar-refractivity contribution in [1.29, 1.82) is 0 Å². The number of rotatable bonds is 3. The summed E-state index contributed by atoms with van der Waals surface area (Å²) in [7, 11) is 0. The van der Waals surface area contributed by atoms with E-state index in [9.17, 15) is 9.18 Å². The minimum atomic E-state index is -0.192. The lowest BCUT2D eigenvalue weighted by molar-refractivity contribution is -0.117. The standard InChI is InChI=1S/C21H24FN5O/c22-16-3-1-4-17(12-16)26-9-7-25(8-10-26)14-15-11-18-20(23-13-15)27-6-2-5-19(27)21(28)24-18/h1,3-4,11-13,19H,2,5-10,14H2,(H,24,28). The van der Waals surface area contributed by atoms with Crippen LogP contribution in [0.3, 0.4) is 0 Å². The molecule has 0 aliphatic carbocycles. The fourth-order valence-electron chi connectivity index (χ4n) is 4.51. The molecule has 1 amide bonds. The van der Waals surface area contributed by atoms with Gasteiger partial charge in [0.2, 0.25) is 5.91 Å². The maximum Gasteiger partial charge on any atom is 0.247 e. The topological polar surface area (TPSA) is 51.7 Å². The first-order valence-electron chi connectivity index (χ1n) is 9.97. The maximum atomic E-state index is 13.5. The molecule has 146 valence electrons. The molecular formula is C21H24FN5O. The van der Waals surface area contributed by atoms with Crippen molar-refractivity contribution < 1.29 is 9.18 Å². The Morgan fingerprint density at radius 2 is 2.00 bits per heavy atom. The van der Waals surface area contributed by atoms with Crippen LogP contribution in [0.15, 0.2) is 36.5 Å². The number of hydrogen-bond donors (Lipinski definition) is 1.